The van der Waals surface area contributed by atoms with Crippen LogP contribution in [0.4, 0.5) is 0 Å². The van der Waals surface area contributed by atoms with Crippen molar-refractivity contribution in [2.24, 2.45) is 0 Å². The van der Waals surface area contributed by atoms with Gasteiger partial charge in [-0.3, -0.25) is 4.79 Å². The molecule has 0 saturated carbocycles. The van der Waals surface area contributed by atoms with E-state index in [1.54, 1.807) is 7.11 Å². The number of benzene rings is 2. The Morgan fingerprint density at radius 2 is 2.00 bits per heavy atom. The molecule has 0 aliphatic carbocycles. The third-order valence-corrected chi connectivity index (χ3v) is 3.78. The lowest BCUT2D eigenvalue weighted by molar-refractivity contribution is -0.137. The number of aliphatic carboxylic acids is 1. The second-order valence-corrected chi connectivity index (χ2v) is 5.35. The van der Waals surface area contributed by atoms with E-state index in [4.69, 9.17) is 9.84 Å². The average molecular weight is 310 g/mol. The SMILES string of the molecule is COc1ccc2nc(CCC(=O)O)n(Cc3ccccc3)c2c1. The van der Waals surface area contributed by atoms with Crippen molar-refractivity contribution in [1.82, 2.24) is 9.55 Å². The maximum atomic E-state index is 10.9. The van der Waals surface area contributed by atoms with Crippen LogP contribution in [0.2, 0.25) is 0 Å². The number of carbonyl (C=O) groups is 1. The Morgan fingerprint density at radius 1 is 1.22 bits per heavy atom. The summed E-state index contributed by atoms with van der Waals surface area (Å²) in [5, 5.41) is 8.96. The zero-order valence-electron chi connectivity index (χ0n) is 12.9. The van der Waals surface area contributed by atoms with Gasteiger partial charge in [-0.1, -0.05) is 30.3 Å². The van der Waals surface area contributed by atoms with Crippen LogP contribution in [0.3, 0.4) is 0 Å². The van der Waals surface area contributed by atoms with Crippen molar-refractivity contribution < 1.29 is 14.6 Å². The average Bonchev–Trinajstić information content (AvgIpc) is 2.91. The quantitative estimate of drug-likeness (QED) is 0.760. The largest absolute Gasteiger partial charge is 0.497 e. The number of ether oxygens (including phenoxy) is 1. The second kappa shape index (κ2) is 6.52. The van der Waals surface area contributed by atoms with Crippen molar-refractivity contribution in [3.63, 3.8) is 0 Å². The highest BCUT2D eigenvalue weighted by Crippen LogP contribution is 2.23. The predicted octanol–water partition coefficient (Wildman–Crippen LogP) is 3.11. The number of hydrogen-bond acceptors (Lipinski definition) is 3. The maximum Gasteiger partial charge on any atom is 0.303 e. The molecule has 5 nitrogen and oxygen atoms in total. The van der Waals surface area contributed by atoms with Gasteiger partial charge in [0.1, 0.15) is 11.6 Å². The van der Waals surface area contributed by atoms with E-state index in [0.717, 1.165) is 28.2 Å². The summed E-state index contributed by atoms with van der Waals surface area (Å²) in [6, 6.07) is 15.8. The maximum absolute atomic E-state index is 10.9. The fraction of sp³-hybridized carbons (Fsp3) is 0.222. The smallest absolute Gasteiger partial charge is 0.303 e. The Bertz CT molecular complexity index is 825. The normalized spacial score (nSPS) is 10.8. The van der Waals surface area contributed by atoms with Crippen LogP contribution in [0.25, 0.3) is 11.0 Å². The highest BCUT2D eigenvalue weighted by atomic mass is 16.5. The van der Waals surface area contributed by atoms with E-state index in [1.807, 2.05) is 48.5 Å². The molecule has 23 heavy (non-hydrogen) atoms. The topological polar surface area (TPSA) is 64.3 Å². The van der Waals surface area contributed by atoms with Crippen molar-refractivity contribution in [2.75, 3.05) is 7.11 Å². The molecule has 118 valence electrons. The molecular weight excluding hydrogens is 292 g/mol. The predicted molar refractivity (Wildman–Crippen MR) is 87.8 cm³/mol. The number of hydrogen-bond donors (Lipinski definition) is 1. The molecule has 0 atom stereocenters. The van der Waals surface area contributed by atoms with Crippen molar-refractivity contribution in [3.05, 3.63) is 59.9 Å². The summed E-state index contributed by atoms with van der Waals surface area (Å²) in [4.78, 5) is 15.5. The third kappa shape index (κ3) is 3.34. The Hall–Kier alpha value is -2.82. The number of carboxylic acid groups (broad SMARTS) is 1. The molecule has 0 aliphatic rings. The zero-order chi connectivity index (χ0) is 16.2. The van der Waals surface area contributed by atoms with E-state index in [1.165, 1.54) is 0 Å². The third-order valence-electron chi connectivity index (χ3n) is 3.78. The van der Waals surface area contributed by atoms with Crippen LogP contribution in [0, 0.1) is 0 Å². The minimum absolute atomic E-state index is 0.0647. The molecule has 3 aromatic rings. The Morgan fingerprint density at radius 3 is 2.70 bits per heavy atom. The molecule has 0 bridgehead atoms. The van der Waals surface area contributed by atoms with Crippen molar-refractivity contribution in [3.8, 4) is 5.75 Å². The highest BCUT2D eigenvalue weighted by molar-refractivity contribution is 5.78. The molecule has 5 heteroatoms. The van der Waals surface area contributed by atoms with E-state index in [9.17, 15) is 4.79 Å². The summed E-state index contributed by atoms with van der Waals surface area (Å²) in [6.45, 7) is 0.652. The van der Waals surface area contributed by atoms with Crippen LogP contribution >= 0.6 is 0 Å². The standard InChI is InChI=1S/C18H18N2O3/c1-23-14-7-8-15-16(11-14)20(12-13-5-3-2-4-6-13)17(19-15)9-10-18(21)22/h2-8,11H,9-10,12H2,1H3,(H,21,22). The van der Waals surface area contributed by atoms with Crippen molar-refractivity contribution in [2.45, 2.75) is 19.4 Å². The van der Waals surface area contributed by atoms with Crippen LogP contribution < -0.4 is 4.74 Å². The Balaban J connectivity index is 2.05. The lowest BCUT2D eigenvalue weighted by atomic mass is 10.2. The van der Waals surface area contributed by atoms with E-state index >= 15 is 0 Å². The number of methoxy groups -OCH3 is 1. The summed E-state index contributed by atoms with van der Waals surface area (Å²) in [6.07, 6.45) is 0.467. The first kappa shape index (κ1) is 15.1. The van der Waals surface area contributed by atoms with Crippen LogP contribution in [-0.2, 0) is 17.8 Å². The molecule has 0 unspecified atom stereocenters. The molecule has 3 rings (SSSR count). The van der Waals surface area contributed by atoms with Gasteiger partial charge in [0.15, 0.2) is 0 Å². The minimum Gasteiger partial charge on any atom is -0.497 e. The van der Waals surface area contributed by atoms with Gasteiger partial charge in [-0.15, -0.1) is 0 Å². The second-order valence-electron chi connectivity index (χ2n) is 5.35. The van der Waals surface area contributed by atoms with Gasteiger partial charge in [0.2, 0.25) is 0 Å². The van der Waals surface area contributed by atoms with Gasteiger partial charge in [0, 0.05) is 19.0 Å². The van der Waals surface area contributed by atoms with Crippen LogP contribution in [0.15, 0.2) is 48.5 Å². The van der Waals surface area contributed by atoms with E-state index in [2.05, 4.69) is 9.55 Å². The van der Waals surface area contributed by atoms with Crippen LogP contribution in [-0.4, -0.2) is 27.7 Å². The number of rotatable bonds is 6. The summed E-state index contributed by atoms with van der Waals surface area (Å²) in [5.74, 6) is 0.719. The molecule has 1 heterocycles. The van der Waals surface area contributed by atoms with Gasteiger partial charge in [-0.05, 0) is 17.7 Å². The van der Waals surface area contributed by atoms with E-state index < -0.39 is 5.97 Å². The van der Waals surface area contributed by atoms with Gasteiger partial charge in [-0.2, -0.15) is 0 Å². The van der Waals surface area contributed by atoms with Crippen LogP contribution in [0.5, 0.6) is 5.75 Å². The van der Waals surface area contributed by atoms with Gasteiger partial charge < -0.3 is 14.4 Å². The molecule has 0 fully saturated rings. The molecule has 0 aliphatic heterocycles. The molecule has 1 aromatic heterocycles. The molecule has 0 saturated heterocycles. The molecule has 2 aromatic carbocycles. The summed E-state index contributed by atoms with van der Waals surface area (Å²) in [5.41, 5.74) is 2.95. The molecule has 1 N–H and O–H groups in total. The lowest BCUT2D eigenvalue weighted by Crippen LogP contribution is -2.07. The molecular formula is C18H18N2O3. The van der Waals surface area contributed by atoms with Gasteiger partial charge >= 0.3 is 5.97 Å². The van der Waals surface area contributed by atoms with Crippen molar-refractivity contribution >= 4 is 17.0 Å². The number of aryl methyl sites for hydroxylation is 1. The Labute approximate surface area is 134 Å². The van der Waals surface area contributed by atoms with E-state index in [0.29, 0.717) is 13.0 Å². The molecule has 0 amide bonds. The number of imidazole rings is 1. The summed E-state index contributed by atoms with van der Waals surface area (Å²) in [7, 11) is 1.63. The fourth-order valence-electron chi connectivity index (χ4n) is 2.63. The summed E-state index contributed by atoms with van der Waals surface area (Å²) >= 11 is 0. The first-order chi connectivity index (χ1) is 11.2. The van der Waals surface area contributed by atoms with Crippen molar-refractivity contribution in [1.29, 1.82) is 0 Å². The summed E-state index contributed by atoms with van der Waals surface area (Å²) < 4.78 is 7.37. The molecule has 0 spiro atoms. The number of fused-ring (bicyclic) bond motifs is 1. The Kier molecular flexibility index (Phi) is 4.28. The highest BCUT2D eigenvalue weighted by Gasteiger charge is 2.13. The first-order valence-electron chi connectivity index (χ1n) is 7.46. The van der Waals surface area contributed by atoms with Gasteiger partial charge in [0.05, 0.1) is 24.6 Å². The first-order valence-corrected chi connectivity index (χ1v) is 7.46. The monoisotopic (exact) mass is 310 g/mol. The minimum atomic E-state index is -0.819. The van der Waals surface area contributed by atoms with Crippen LogP contribution in [0.1, 0.15) is 17.8 Å². The zero-order valence-corrected chi connectivity index (χ0v) is 12.9. The number of carboxylic acids is 1. The lowest BCUT2D eigenvalue weighted by Gasteiger charge is -2.09. The fourth-order valence-corrected chi connectivity index (χ4v) is 2.63. The van der Waals surface area contributed by atoms with Gasteiger partial charge in [0.25, 0.3) is 0 Å². The van der Waals surface area contributed by atoms with E-state index in [-0.39, 0.29) is 6.42 Å². The molecule has 0 radical (unpaired) electrons. The number of nitrogens with zero attached hydrogens (tertiary/aromatic N) is 2. The number of aromatic nitrogens is 2. The van der Waals surface area contributed by atoms with Gasteiger partial charge in [-0.25, -0.2) is 4.98 Å².